The maximum absolute atomic E-state index is 11.8. The molecular weight excluding hydrogens is 278 g/mol. The van der Waals surface area contributed by atoms with E-state index < -0.39 is 5.54 Å². The number of tetrazole rings is 1. The number of carbonyl (C=O) groups excluding carboxylic acids is 1. The highest BCUT2D eigenvalue weighted by Crippen LogP contribution is 2.37. The van der Waals surface area contributed by atoms with Gasteiger partial charge in [-0.3, -0.25) is 4.79 Å². The van der Waals surface area contributed by atoms with E-state index in [1.165, 1.54) is 7.11 Å². The number of methoxy groups -OCH3 is 1. The molecule has 1 aromatic rings. The highest BCUT2D eigenvalue weighted by Gasteiger charge is 2.35. The van der Waals surface area contributed by atoms with E-state index in [0.717, 1.165) is 18.0 Å². The molecule has 0 bridgehead atoms. The van der Waals surface area contributed by atoms with Gasteiger partial charge in [0.2, 0.25) is 5.16 Å². The van der Waals surface area contributed by atoms with E-state index in [-0.39, 0.29) is 11.2 Å². The van der Waals surface area contributed by atoms with Crippen LogP contribution in [0.15, 0.2) is 5.16 Å². The average Bonchev–Trinajstić information content (AvgIpc) is 3.18. The third-order valence-electron chi connectivity index (χ3n) is 3.55. The van der Waals surface area contributed by atoms with Crippen molar-refractivity contribution < 1.29 is 9.53 Å². The van der Waals surface area contributed by atoms with Gasteiger partial charge < -0.3 is 10.1 Å². The Morgan fingerprint density at radius 2 is 2.35 bits per heavy atom. The Labute approximate surface area is 122 Å². The number of ether oxygens (including phenoxy) is 1. The Morgan fingerprint density at radius 3 is 2.90 bits per heavy atom. The van der Waals surface area contributed by atoms with Crippen LogP contribution in [0.1, 0.15) is 39.2 Å². The van der Waals surface area contributed by atoms with Gasteiger partial charge >= 0.3 is 5.97 Å². The SMILES string of the molecule is CNC(C)(CC(C)Sc1nnnn1C1CC1)C(=O)OC. The van der Waals surface area contributed by atoms with Gasteiger partial charge in [-0.25, -0.2) is 4.68 Å². The number of hydrogen-bond donors (Lipinski definition) is 1. The van der Waals surface area contributed by atoms with Crippen molar-refractivity contribution in [1.29, 1.82) is 0 Å². The van der Waals surface area contributed by atoms with Crippen molar-refractivity contribution in [3.05, 3.63) is 0 Å². The maximum atomic E-state index is 11.8. The molecule has 1 N–H and O–H groups in total. The molecule has 0 saturated heterocycles. The van der Waals surface area contributed by atoms with Crippen LogP contribution in [-0.4, -0.2) is 51.1 Å². The van der Waals surface area contributed by atoms with Gasteiger partial charge in [-0.15, -0.1) is 5.10 Å². The molecule has 0 aromatic carbocycles. The van der Waals surface area contributed by atoms with Gasteiger partial charge in [-0.2, -0.15) is 0 Å². The number of esters is 1. The molecule has 1 aromatic heterocycles. The molecule has 2 unspecified atom stereocenters. The van der Waals surface area contributed by atoms with Crippen molar-refractivity contribution in [2.45, 2.75) is 55.1 Å². The lowest BCUT2D eigenvalue weighted by atomic mass is 9.96. The maximum Gasteiger partial charge on any atom is 0.325 e. The molecule has 1 heterocycles. The highest BCUT2D eigenvalue weighted by molar-refractivity contribution is 7.99. The van der Waals surface area contributed by atoms with E-state index in [1.807, 2.05) is 11.6 Å². The van der Waals surface area contributed by atoms with Crippen LogP contribution < -0.4 is 5.32 Å². The molecule has 0 spiro atoms. The van der Waals surface area contributed by atoms with Crippen molar-refractivity contribution in [3.8, 4) is 0 Å². The zero-order valence-electron chi connectivity index (χ0n) is 12.3. The van der Waals surface area contributed by atoms with E-state index >= 15 is 0 Å². The first kappa shape index (κ1) is 15.2. The molecule has 1 fully saturated rings. The summed E-state index contributed by atoms with van der Waals surface area (Å²) in [4.78, 5) is 11.8. The van der Waals surface area contributed by atoms with E-state index in [4.69, 9.17) is 4.74 Å². The van der Waals surface area contributed by atoms with Crippen molar-refractivity contribution in [1.82, 2.24) is 25.5 Å². The number of nitrogens with zero attached hydrogens (tertiary/aromatic N) is 4. The Bertz CT molecular complexity index is 476. The van der Waals surface area contributed by atoms with Gasteiger partial charge in [0.1, 0.15) is 5.54 Å². The molecule has 2 atom stereocenters. The van der Waals surface area contributed by atoms with Gasteiger partial charge in [0.25, 0.3) is 0 Å². The van der Waals surface area contributed by atoms with Crippen LogP contribution in [0, 0.1) is 0 Å². The quantitative estimate of drug-likeness (QED) is 0.595. The minimum absolute atomic E-state index is 0.190. The lowest BCUT2D eigenvalue weighted by Crippen LogP contribution is -2.49. The van der Waals surface area contributed by atoms with Crippen LogP contribution in [0.2, 0.25) is 0 Å². The molecule has 2 rings (SSSR count). The minimum atomic E-state index is -0.695. The molecule has 1 saturated carbocycles. The third kappa shape index (κ3) is 3.29. The minimum Gasteiger partial charge on any atom is -0.468 e. The van der Waals surface area contributed by atoms with Crippen LogP contribution in [0.3, 0.4) is 0 Å². The number of thioether (sulfide) groups is 1. The summed E-state index contributed by atoms with van der Waals surface area (Å²) in [5.41, 5.74) is -0.695. The summed E-state index contributed by atoms with van der Waals surface area (Å²) in [5, 5.41) is 15.9. The lowest BCUT2D eigenvalue weighted by molar-refractivity contribution is -0.147. The monoisotopic (exact) mass is 299 g/mol. The summed E-state index contributed by atoms with van der Waals surface area (Å²) in [6.07, 6.45) is 2.92. The second-order valence-electron chi connectivity index (χ2n) is 5.34. The summed E-state index contributed by atoms with van der Waals surface area (Å²) in [6, 6.07) is 0.455. The van der Waals surface area contributed by atoms with Crippen LogP contribution in [0.5, 0.6) is 0 Å². The molecule has 0 radical (unpaired) electrons. The number of nitrogens with one attached hydrogen (secondary N) is 1. The van der Waals surface area contributed by atoms with E-state index in [9.17, 15) is 4.79 Å². The molecule has 20 heavy (non-hydrogen) atoms. The Kier molecular flexibility index (Phi) is 4.64. The summed E-state index contributed by atoms with van der Waals surface area (Å²) < 4.78 is 6.74. The van der Waals surface area contributed by atoms with Gasteiger partial charge in [0.15, 0.2) is 0 Å². The number of hydrogen-bond acceptors (Lipinski definition) is 7. The summed E-state index contributed by atoms with van der Waals surface area (Å²) in [7, 11) is 3.17. The molecule has 1 aliphatic rings. The number of likely N-dealkylation sites (N-methyl/N-ethyl adjacent to an activating group) is 1. The van der Waals surface area contributed by atoms with Crippen molar-refractivity contribution in [2.24, 2.45) is 0 Å². The Morgan fingerprint density at radius 1 is 1.65 bits per heavy atom. The topological polar surface area (TPSA) is 81.9 Å². The molecule has 8 heteroatoms. The third-order valence-corrected chi connectivity index (χ3v) is 4.59. The molecule has 1 aliphatic carbocycles. The average molecular weight is 299 g/mol. The van der Waals surface area contributed by atoms with Crippen molar-refractivity contribution in [3.63, 3.8) is 0 Å². The Balaban J connectivity index is 1.99. The highest BCUT2D eigenvalue weighted by atomic mass is 32.2. The zero-order valence-corrected chi connectivity index (χ0v) is 13.1. The molecule has 0 aliphatic heterocycles. The molecule has 0 amide bonds. The zero-order chi connectivity index (χ0) is 14.8. The van der Waals surface area contributed by atoms with E-state index in [0.29, 0.717) is 12.5 Å². The molecular formula is C12H21N5O2S. The Hall–Kier alpha value is -1.15. The normalized spacial score (nSPS) is 19.4. The number of rotatable bonds is 7. The van der Waals surface area contributed by atoms with Crippen LogP contribution in [-0.2, 0) is 9.53 Å². The number of aromatic nitrogens is 4. The second-order valence-corrected chi connectivity index (χ2v) is 6.75. The number of carbonyl (C=O) groups is 1. The summed E-state index contributed by atoms with van der Waals surface area (Å²) in [5.74, 6) is -0.255. The summed E-state index contributed by atoms with van der Waals surface area (Å²) >= 11 is 1.59. The van der Waals surface area contributed by atoms with E-state index in [2.05, 4.69) is 27.8 Å². The largest absolute Gasteiger partial charge is 0.468 e. The predicted molar refractivity (Wildman–Crippen MR) is 75.5 cm³/mol. The first-order valence-electron chi connectivity index (χ1n) is 6.72. The molecule has 7 nitrogen and oxygen atoms in total. The fraction of sp³-hybridized carbons (Fsp3) is 0.833. The first-order chi connectivity index (χ1) is 9.50. The standard InChI is InChI=1S/C12H21N5O2S/c1-8(7-12(2,13-3)10(18)19-4)20-11-14-15-16-17(11)9-5-6-9/h8-9,13H,5-7H2,1-4H3. The van der Waals surface area contributed by atoms with E-state index in [1.54, 1.807) is 18.8 Å². The fourth-order valence-electron chi connectivity index (χ4n) is 2.12. The first-order valence-corrected chi connectivity index (χ1v) is 7.60. The van der Waals surface area contributed by atoms with Crippen LogP contribution in [0.25, 0.3) is 0 Å². The smallest absolute Gasteiger partial charge is 0.325 e. The predicted octanol–water partition coefficient (Wildman–Crippen LogP) is 1.03. The van der Waals surface area contributed by atoms with Gasteiger partial charge in [-0.05, 0) is 43.7 Å². The fourth-order valence-corrected chi connectivity index (χ4v) is 3.27. The molecule has 112 valence electrons. The summed E-state index contributed by atoms with van der Waals surface area (Å²) in [6.45, 7) is 3.91. The van der Waals surface area contributed by atoms with Crippen molar-refractivity contribution in [2.75, 3.05) is 14.2 Å². The van der Waals surface area contributed by atoms with Crippen molar-refractivity contribution >= 4 is 17.7 Å². The van der Waals surface area contributed by atoms with Gasteiger partial charge in [-0.1, -0.05) is 18.7 Å². The van der Waals surface area contributed by atoms with Crippen LogP contribution >= 0.6 is 11.8 Å². The second kappa shape index (κ2) is 6.09. The van der Waals surface area contributed by atoms with Gasteiger partial charge in [0.05, 0.1) is 13.2 Å². The van der Waals surface area contributed by atoms with Crippen LogP contribution in [0.4, 0.5) is 0 Å². The lowest BCUT2D eigenvalue weighted by Gasteiger charge is -2.28. The van der Waals surface area contributed by atoms with Gasteiger partial charge in [0, 0.05) is 5.25 Å².